The zero-order valence-corrected chi connectivity index (χ0v) is 10.8. The molecule has 0 aromatic heterocycles. The fourth-order valence-electron chi connectivity index (χ4n) is 2.59. The molecular weight excluding hydrogens is 230 g/mol. The molecule has 1 heterocycles. The quantitative estimate of drug-likeness (QED) is 0.884. The first-order valence-corrected chi connectivity index (χ1v) is 6.19. The minimum Gasteiger partial charge on any atom is -0.496 e. The van der Waals surface area contributed by atoms with Crippen molar-refractivity contribution >= 4 is 5.97 Å². The number of ether oxygens (including phenoxy) is 1. The molecule has 2 atom stereocenters. The number of hydrogen-bond donors (Lipinski definition) is 1. The van der Waals surface area contributed by atoms with Gasteiger partial charge in [-0.05, 0) is 12.0 Å². The lowest BCUT2D eigenvalue weighted by Gasteiger charge is -2.17. The van der Waals surface area contributed by atoms with Crippen LogP contribution in [-0.2, 0) is 11.3 Å². The Bertz CT molecular complexity index is 433. The Hall–Kier alpha value is -1.55. The molecule has 1 fully saturated rings. The van der Waals surface area contributed by atoms with Gasteiger partial charge in [0.1, 0.15) is 5.75 Å². The van der Waals surface area contributed by atoms with Crippen molar-refractivity contribution in [1.82, 2.24) is 4.90 Å². The summed E-state index contributed by atoms with van der Waals surface area (Å²) < 4.78 is 5.31. The van der Waals surface area contributed by atoms with Gasteiger partial charge in [0, 0.05) is 25.2 Å². The van der Waals surface area contributed by atoms with Gasteiger partial charge >= 0.3 is 5.97 Å². The van der Waals surface area contributed by atoms with Gasteiger partial charge in [-0.3, -0.25) is 9.69 Å². The lowest BCUT2D eigenvalue weighted by Crippen LogP contribution is -2.23. The molecule has 0 bridgehead atoms. The molecule has 0 saturated carbocycles. The van der Waals surface area contributed by atoms with Crippen LogP contribution < -0.4 is 4.74 Å². The number of hydrogen-bond acceptors (Lipinski definition) is 3. The summed E-state index contributed by atoms with van der Waals surface area (Å²) in [6.07, 6.45) is 0. The van der Waals surface area contributed by atoms with Crippen molar-refractivity contribution < 1.29 is 14.6 Å². The van der Waals surface area contributed by atoms with Crippen LogP contribution in [0.1, 0.15) is 12.5 Å². The van der Waals surface area contributed by atoms with Crippen molar-refractivity contribution in [2.75, 3.05) is 20.2 Å². The first-order chi connectivity index (χ1) is 8.61. The third-order valence-corrected chi connectivity index (χ3v) is 3.59. The van der Waals surface area contributed by atoms with Crippen LogP contribution >= 0.6 is 0 Å². The molecule has 0 unspecified atom stereocenters. The Kier molecular flexibility index (Phi) is 3.87. The van der Waals surface area contributed by atoms with Gasteiger partial charge in [-0.1, -0.05) is 25.1 Å². The largest absolute Gasteiger partial charge is 0.496 e. The summed E-state index contributed by atoms with van der Waals surface area (Å²) in [5.74, 6) is 0.130. The zero-order chi connectivity index (χ0) is 13.1. The molecule has 1 aromatic rings. The SMILES string of the molecule is COc1ccccc1CN1C[C@@H](C)[C@H](C(=O)O)C1. The highest BCUT2D eigenvalue weighted by Gasteiger charge is 2.34. The van der Waals surface area contributed by atoms with E-state index in [0.29, 0.717) is 6.54 Å². The third-order valence-electron chi connectivity index (χ3n) is 3.59. The molecule has 1 aliphatic rings. The molecular formula is C14H19NO3. The number of para-hydroxylation sites is 1. The van der Waals surface area contributed by atoms with Crippen molar-refractivity contribution in [3.8, 4) is 5.75 Å². The van der Waals surface area contributed by atoms with E-state index in [1.807, 2.05) is 31.2 Å². The molecule has 1 saturated heterocycles. The predicted molar refractivity (Wildman–Crippen MR) is 68.6 cm³/mol. The maximum absolute atomic E-state index is 11.1. The molecule has 18 heavy (non-hydrogen) atoms. The second kappa shape index (κ2) is 5.40. The number of carboxylic acid groups (broad SMARTS) is 1. The lowest BCUT2D eigenvalue weighted by molar-refractivity contribution is -0.142. The Morgan fingerprint density at radius 1 is 1.44 bits per heavy atom. The summed E-state index contributed by atoms with van der Waals surface area (Å²) in [4.78, 5) is 13.3. The Morgan fingerprint density at radius 2 is 2.17 bits per heavy atom. The fraction of sp³-hybridized carbons (Fsp3) is 0.500. The first-order valence-electron chi connectivity index (χ1n) is 6.19. The summed E-state index contributed by atoms with van der Waals surface area (Å²) in [6, 6.07) is 7.88. The minimum absolute atomic E-state index is 0.206. The number of carbonyl (C=O) groups is 1. The fourth-order valence-corrected chi connectivity index (χ4v) is 2.59. The van der Waals surface area contributed by atoms with E-state index in [9.17, 15) is 4.79 Å². The van der Waals surface area contributed by atoms with Gasteiger partial charge < -0.3 is 9.84 Å². The van der Waals surface area contributed by atoms with Gasteiger partial charge in [0.15, 0.2) is 0 Å². The monoisotopic (exact) mass is 249 g/mol. The van der Waals surface area contributed by atoms with E-state index in [0.717, 1.165) is 24.4 Å². The highest BCUT2D eigenvalue weighted by atomic mass is 16.5. The van der Waals surface area contributed by atoms with Crippen LogP contribution in [0.15, 0.2) is 24.3 Å². The van der Waals surface area contributed by atoms with E-state index in [-0.39, 0.29) is 11.8 Å². The van der Waals surface area contributed by atoms with Crippen LogP contribution in [0.5, 0.6) is 5.75 Å². The molecule has 2 rings (SSSR count). The highest BCUT2D eigenvalue weighted by molar-refractivity contribution is 5.71. The van der Waals surface area contributed by atoms with Crippen molar-refractivity contribution in [3.05, 3.63) is 29.8 Å². The van der Waals surface area contributed by atoms with Crippen LogP contribution in [0, 0.1) is 11.8 Å². The maximum atomic E-state index is 11.1. The smallest absolute Gasteiger partial charge is 0.308 e. The van der Waals surface area contributed by atoms with Gasteiger partial charge in [0.05, 0.1) is 13.0 Å². The molecule has 4 heteroatoms. The molecule has 0 amide bonds. The average molecular weight is 249 g/mol. The summed E-state index contributed by atoms with van der Waals surface area (Å²) >= 11 is 0. The molecule has 1 aromatic carbocycles. The zero-order valence-electron chi connectivity index (χ0n) is 10.8. The standard InChI is InChI=1S/C14H19NO3/c1-10-7-15(9-12(10)14(16)17)8-11-5-3-4-6-13(11)18-2/h3-6,10,12H,7-9H2,1-2H3,(H,16,17)/t10-,12-/m1/s1. The summed E-state index contributed by atoms with van der Waals surface area (Å²) in [5.41, 5.74) is 1.11. The van der Waals surface area contributed by atoms with Gasteiger partial charge in [-0.25, -0.2) is 0 Å². The molecule has 0 spiro atoms. The molecule has 1 N–H and O–H groups in total. The summed E-state index contributed by atoms with van der Waals surface area (Å²) in [6.45, 7) is 4.20. The number of aliphatic carboxylic acids is 1. The van der Waals surface area contributed by atoms with E-state index in [1.165, 1.54) is 0 Å². The predicted octanol–water partition coefficient (Wildman–Crippen LogP) is 1.85. The molecule has 0 radical (unpaired) electrons. The van der Waals surface area contributed by atoms with Crippen LogP contribution in [0.4, 0.5) is 0 Å². The van der Waals surface area contributed by atoms with E-state index in [4.69, 9.17) is 9.84 Å². The van der Waals surface area contributed by atoms with Gasteiger partial charge in [0.2, 0.25) is 0 Å². The molecule has 0 aliphatic carbocycles. The highest BCUT2D eigenvalue weighted by Crippen LogP contribution is 2.27. The van der Waals surface area contributed by atoms with E-state index >= 15 is 0 Å². The number of rotatable bonds is 4. The Labute approximate surface area is 107 Å². The maximum Gasteiger partial charge on any atom is 0.308 e. The number of carboxylic acids is 1. The van der Waals surface area contributed by atoms with Crippen LogP contribution in [0.2, 0.25) is 0 Å². The number of methoxy groups -OCH3 is 1. The topological polar surface area (TPSA) is 49.8 Å². The third kappa shape index (κ3) is 2.64. The van der Waals surface area contributed by atoms with E-state index in [1.54, 1.807) is 7.11 Å². The van der Waals surface area contributed by atoms with E-state index in [2.05, 4.69) is 4.90 Å². The van der Waals surface area contributed by atoms with Crippen molar-refractivity contribution in [3.63, 3.8) is 0 Å². The van der Waals surface area contributed by atoms with Crippen LogP contribution in [0.25, 0.3) is 0 Å². The average Bonchev–Trinajstić information content (AvgIpc) is 2.71. The van der Waals surface area contributed by atoms with Gasteiger partial charge in [-0.2, -0.15) is 0 Å². The second-order valence-electron chi connectivity index (χ2n) is 4.93. The van der Waals surface area contributed by atoms with Gasteiger partial charge in [-0.15, -0.1) is 0 Å². The normalized spacial score (nSPS) is 24.1. The molecule has 4 nitrogen and oxygen atoms in total. The van der Waals surface area contributed by atoms with Crippen molar-refractivity contribution in [2.24, 2.45) is 11.8 Å². The summed E-state index contributed by atoms with van der Waals surface area (Å²) in [5, 5.41) is 9.12. The summed E-state index contributed by atoms with van der Waals surface area (Å²) in [7, 11) is 1.66. The van der Waals surface area contributed by atoms with Crippen molar-refractivity contribution in [2.45, 2.75) is 13.5 Å². The Balaban J connectivity index is 2.05. The first kappa shape index (κ1) is 12.9. The number of benzene rings is 1. The van der Waals surface area contributed by atoms with E-state index < -0.39 is 5.97 Å². The number of nitrogens with zero attached hydrogens (tertiary/aromatic N) is 1. The lowest BCUT2D eigenvalue weighted by atomic mass is 9.99. The minimum atomic E-state index is -0.690. The molecule has 98 valence electrons. The second-order valence-corrected chi connectivity index (χ2v) is 4.93. The Morgan fingerprint density at radius 3 is 2.78 bits per heavy atom. The van der Waals surface area contributed by atoms with Crippen LogP contribution in [-0.4, -0.2) is 36.2 Å². The van der Waals surface area contributed by atoms with Gasteiger partial charge in [0.25, 0.3) is 0 Å². The number of likely N-dealkylation sites (tertiary alicyclic amines) is 1. The van der Waals surface area contributed by atoms with Crippen molar-refractivity contribution in [1.29, 1.82) is 0 Å². The van der Waals surface area contributed by atoms with Crippen LogP contribution in [0.3, 0.4) is 0 Å². The molecule has 1 aliphatic heterocycles.